The third-order valence-electron chi connectivity index (χ3n) is 5.77. The second kappa shape index (κ2) is 9.07. The highest BCUT2D eigenvalue weighted by atomic mass is 19.1. The van der Waals surface area contributed by atoms with Crippen LogP contribution in [0.2, 0.25) is 0 Å². The number of carbonyl (C=O) groups excluding carboxylic acids is 1. The van der Waals surface area contributed by atoms with E-state index in [-0.39, 0.29) is 23.4 Å². The Morgan fingerprint density at radius 3 is 2.65 bits per heavy atom. The van der Waals surface area contributed by atoms with Crippen molar-refractivity contribution in [2.45, 2.75) is 44.2 Å². The van der Waals surface area contributed by atoms with E-state index in [1.54, 1.807) is 12.1 Å². The predicted molar refractivity (Wildman–Crippen MR) is 107 cm³/mol. The molecule has 1 aromatic heterocycles. The number of benzene rings is 1. The Bertz CT molecular complexity index is 1050. The van der Waals surface area contributed by atoms with E-state index in [0.29, 0.717) is 42.9 Å². The summed E-state index contributed by atoms with van der Waals surface area (Å²) in [6.45, 7) is 0.376. The largest absolute Gasteiger partial charge is 0.367 e. The summed E-state index contributed by atoms with van der Waals surface area (Å²) < 4.78 is 13.9. The van der Waals surface area contributed by atoms with Crippen molar-refractivity contribution in [1.29, 1.82) is 10.5 Å². The topological polar surface area (TPSA) is 115 Å². The number of halogens is 1. The van der Waals surface area contributed by atoms with E-state index in [4.69, 9.17) is 15.4 Å². The molecule has 1 atom stereocenters. The fourth-order valence-corrected chi connectivity index (χ4v) is 4.23. The molecule has 9 heteroatoms. The molecule has 158 valence electrons. The van der Waals surface area contributed by atoms with Gasteiger partial charge in [-0.1, -0.05) is 0 Å². The summed E-state index contributed by atoms with van der Waals surface area (Å²) in [5.41, 5.74) is 1.11. The van der Waals surface area contributed by atoms with Gasteiger partial charge in [-0.25, -0.2) is 19.4 Å². The monoisotopic (exact) mass is 420 g/mol. The van der Waals surface area contributed by atoms with Crippen LogP contribution in [0.5, 0.6) is 0 Å². The van der Waals surface area contributed by atoms with Gasteiger partial charge in [0.2, 0.25) is 5.91 Å². The van der Waals surface area contributed by atoms with E-state index in [1.165, 1.54) is 23.5 Å². The average Bonchev–Trinajstić information content (AvgIpc) is 3.29. The van der Waals surface area contributed by atoms with Gasteiger partial charge in [0.1, 0.15) is 29.7 Å². The molecule has 1 N–H and O–H groups in total. The first-order valence-electron chi connectivity index (χ1n) is 10.2. The summed E-state index contributed by atoms with van der Waals surface area (Å²) in [7, 11) is 0. The van der Waals surface area contributed by atoms with E-state index in [1.807, 2.05) is 12.1 Å². The van der Waals surface area contributed by atoms with Gasteiger partial charge in [-0.05, 0) is 49.4 Å². The third-order valence-corrected chi connectivity index (χ3v) is 5.77. The molecule has 1 saturated heterocycles. The molecule has 2 aliphatic rings. The average molecular weight is 420 g/mol. The van der Waals surface area contributed by atoms with Gasteiger partial charge >= 0.3 is 0 Å². The molecule has 31 heavy (non-hydrogen) atoms. The third kappa shape index (κ3) is 4.62. The van der Waals surface area contributed by atoms with Crippen molar-refractivity contribution in [3.63, 3.8) is 0 Å². The molecular weight excluding hydrogens is 399 g/mol. The molecule has 1 saturated carbocycles. The molecule has 0 bridgehead atoms. The number of hydroxylamine groups is 2. The SMILES string of the molecule is N#Cc1cc(F)cc([C@@H]2CCON2C(=O)C2CCC(Nc3cc(C#N)ncn3)CC2)c1. The molecule has 2 fully saturated rings. The van der Waals surface area contributed by atoms with Crippen molar-refractivity contribution in [3.8, 4) is 12.1 Å². The molecule has 4 rings (SSSR count). The molecule has 1 aliphatic carbocycles. The Morgan fingerprint density at radius 2 is 1.90 bits per heavy atom. The van der Waals surface area contributed by atoms with Crippen LogP contribution in [-0.2, 0) is 9.63 Å². The first-order chi connectivity index (χ1) is 15.1. The normalized spacial score (nSPS) is 23.1. The Labute approximate surface area is 179 Å². The maximum Gasteiger partial charge on any atom is 0.249 e. The first-order valence-corrected chi connectivity index (χ1v) is 10.2. The van der Waals surface area contributed by atoms with Gasteiger partial charge < -0.3 is 5.32 Å². The zero-order chi connectivity index (χ0) is 21.8. The second-order valence-corrected chi connectivity index (χ2v) is 7.78. The van der Waals surface area contributed by atoms with Crippen LogP contribution < -0.4 is 5.32 Å². The van der Waals surface area contributed by atoms with Crippen LogP contribution in [0, 0.1) is 34.4 Å². The van der Waals surface area contributed by atoms with Crippen LogP contribution in [0.25, 0.3) is 0 Å². The number of anilines is 1. The van der Waals surface area contributed by atoms with Gasteiger partial charge in [-0.2, -0.15) is 10.5 Å². The van der Waals surface area contributed by atoms with Crippen LogP contribution in [0.4, 0.5) is 10.2 Å². The lowest BCUT2D eigenvalue weighted by Crippen LogP contribution is -2.38. The van der Waals surface area contributed by atoms with E-state index < -0.39 is 11.9 Å². The minimum absolute atomic E-state index is 0.0995. The van der Waals surface area contributed by atoms with Gasteiger partial charge in [0, 0.05) is 24.4 Å². The van der Waals surface area contributed by atoms with Gasteiger partial charge in [-0.3, -0.25) is 9.63 Å². The van der Waals surface area contributed by atoms with Crippen molar-refractivity contribution in [2.75, 3.05) is 11.9 Å². The van der Waals surface area contributed by atoms with Gasteiger partial charge in [0.05, 0.1) is 24.3 Å². The molecule has 0 spiro atoms. The number of amides is 1. The number of nitrogens with one attached hydrogen (secondary N) is 1. The molecule has 0 radical (unpaired) electrons. The predicted octanol–water partition coefficient (Wildman–Crippen LogP) is 3.23. The van der Waals surface area contributed by atoms with E-state index in [9.17, 15) is 9.18 Å². The first kappa shape index (κ1) is 20.7. The maximum atomic E-state index is 13.9. The molecule has 8 nitrogen and oxygen atoms in total. The van der Waals surface area contributed by atoms with Crippen molar-refractivity contribution >= 4 is 11.7 Å². The fraction of sp³-hybridized carbons (Fsp3) is 0.409. The smallest absolute Gasteiger partial charge is 0.249 e. The van der Waals surface area contributed by atoms with Crippen LogP contribution in [0.1, 0.15) is 55.0 Å². The number of rotatable bonds is 4. The molecule has 2 aromatic rings. The summed E-state index contributed by atoms with van der Waals surface area (Å²) in [4.78, 5) is 26.8. The Balaban J connectivity index is 1.38. The lowest BCUT2D eigenvalue weighted by molar-refractivity contribution is -0.182. The second-order valence-electron chi connectivity index (χ2n) is 7.78. The highest BCUT2D eigenvalue weighted by Gasteiger charge is 2.37. The Hall–Kier alpha value is -3.56. The number of nitriles is 2. The standard InChI is InChI=1S/C22H21FN6O2/c23-17-8-14(11-24)7-16(9-17)20-5-6-31-29(20)22(30)15-1-3-18(4-2-15)28-21-10-19(12-25)26-13-27-21/h7-10,13,15,18,20H,1-6H2,(H,26,27,28)/t15?,18?,20-/m0/s1. The quantitative estimate of drug-likeness (QED) is 0.807. The van der Waals surface area contributed by atoms with Crippen LogP contribution in [0.15, 0.2) is 30.6 Å². The van der Waals surface area contributed by atoms with Crippen molar-refractivity contribution in [1.82, 2.24) is 15.0 Å². The van der Waals surface area contributed by atoms with Gasteiger partial charge in [0.25, 0.3) is 0 Å². The minimum Gasteiger partial charge on any atom is -0.367 e. The molecule has 0 unspecified atom stereocenters. The van der Waals surface area contributed by atoms with Crippen LogP contribution >= 0.6 is 0 Å². The van der Waals surface area contributed by atoms with Gasteiger partial charge in [-0.15, -0.1) is 0 Å². The number of hydrogen-bond donors (Lipinski definition) is 1. The molecule has 2 heterocycles. The summed E-state index contributed by atoms with van der Waals surface area (Å²) in [6.07, 6.45) is 4.84. The lowest BCUT2D eigenvalue weighted by atomic mass is 9.85. The van der Waals surface area contributed by atoms with Crippen molar-refractivity contribution in [3.05, 3.63) is 53.2 Å². The van der Waals surface area contributed by atoms with Crippen LogP contribution in [-0.4, -0.2) is 33.6 Å². The Kier molecular flexibility index (Phi) is 6.06. The molecular formula is C22H21FN6O2. The van der Waals surface area contributed by atoms with Crippen molar-refractivity contribution in [2.24, 2.45) is 5.92 Å². The van der Waals surface area contributed by atoms with E-state index in [0.717, 1.165) is 12.8 Å². The Morgan fingerprint density at radius 1 is 1.10 bits per heavy atom. The van der Waals surface area contributed by atoms with E-state index in [2.05, 4.69) is 15.3 Å². The summed E-state index contributed by atoms with van der Waals surface area (Å²) in [6, 6.07) is 9.46. The number of aromatic nitrogens is 2. The highest BCUT2D eigenvalue weighted by molar-refractivity contribution is 5.78. The molecule has 1 aliphatic heterocycles. The molecule has 1 amide bonds. The number of hydrogen-bond acceptors (Lipinski definition) is 7. The summed E-state index contributed by atoms with van der Waals surface area (Å²) in [5, 5.41) is 22.7. The maximum absolute atomic E-state index is 13.9. The van der Waals surface area contributed by atoms with Crippen molar-refractivity contribution < 1.29 is 14.0 Å². The number of nitrogens with zero attached hydrogens (tertiary/aromatic N) is 5. The summed E-state index contributed by atoms with van der Waals surface area (Å²) in [5.74, 6) is -0.173. The summed E-state index contributed by atoms with van der Waals surface area (Å²) >= 11 is 0. The lowest BCUT2D eigenvalue weighted by Gasteiger charge is -2.32. The minimum atomic E-state index is -0.496. The molecule has 1 aromatic carbocycles. The zero-order valence-corrected chi connectivity index (χ0v) is 16.8. The highest BCUT2D eigenvalue weighted by Crippen LogP contribution is 2.35. The fourth-order valence-electron chi connectivity index (χ4n) is 4.23. The van der Waals surface area contributed by atoms with Crippen LogP contribution in [0.3, 0.4) is 0 Å². The number of carbonyl (C=O) groups is 1. The van der Waals surface area contributed by atoms with E-state index >= 15 is 0 Å². The van der Waals surface area contributed by atoms with Gasteiger partial charge in [0.15, 0.2) is 0 Å². The zero-order valence-electron chi connectivity index (χ0n) is 16.8.